The van der Waals surface area contributed by atoms with Crippen molar-refractivity contribution in [3.8, 4) is 11.5 Å². The molecular formula is C36H48F3N5O7. The van der Waals surface area contributed by atoms with Crippen molar-refractivity contribution < 1.29 is 47.2 Å². The Kier molecular flexibility index (Phi) is 10.7. The summed E-state index contributed by atoms with van der Waals surface area (Å²) in [5.74, 6) is -0.599. The van der Waals surface area contributed by atoms with Crippen LogP contribution in [0.15, 0.2) is 30.4 Å². The number of likely N-dealkylation sites (N-methyl/N-ethyl adjacent to an activating group) is 1. The number of fused-ring (bicyclic) bond motifs is 5. The van der Waals surface area contributed by atoms with Crippen LogP contribution in [0.3, 0.4) is 0 Å². The van der Waals surface area contributed by atoms with Gasteiger partial charge < -0.3 is 35.1 Å². The van der Waals surface area contributed by atoms with Gasteiger partial charge in [-0.05, 0) is 70.2 Å². The van der Waals surface area contributed by atoms with E-state index in [0.717, 1.165) is 19.3 Å². The molecule has 0 radical (unpaired) electrons. The van der Waals surface area contributed by atoms with Crippen molar-refractivity contribution in [1.82, 2.24) is 25.8 Å². The third-order valence-corrected chi connectivity index (χ3v) is 10.8. The lowest BCUT2D eigenvalue weighted by molar-refractivity contribution is -0.144. The van der Waals surface area contributed by atoms with Crippen LogP contribution in [0.4, 0.5) is 18.0 Å². The summed E-state index contributed by atoms with van der Waals surface area (Å²) in [7, 11) is 3.06. The number of aromatic nitrogens is 1. The molecule has 2 amide bonds. The Morgan fingerprint density at radius 1 is 1.25 bits per heavy atom. The summed E-state index contributed by atoms with van der Waals surface area (Å²) in [5, 5.41) is 32.2. The van der Waals surface area contributed by atoms with E-state index < -0.39 is 65.3 Å². The topological polar surface area (TPSA) is 155 Å². The number of halogens is 3. The maximum Gasteiger partial charge on any atom is 0.437 e. The predicted octanol–water partition coefficient (Wildman–Crippen LogP) is 4.16. The fraction of sp³-hybridized carbons (Fsp3) is 0.639. The number of allylic oxidation sites excluding steroid dienone is 1. The number of hydrogen-bond acceptors (Lipinski definition) is 10. The monoisotopic (exact) mass is 719 g/mol. The number of alkyl carbamates (subject to hydrolysis) is 1. The molecule has 2 aromatic rings. The molecule has 1 saturated heterocycles. The highest BCUT2D eigenvalue weighted by Crippen LogP contribution is 2.50. The minimum atomic E-state index is -4.84. The molecule has 7 atom stereocenters. The normalized spacial score (nSPS) is 31.2. The zero-order valence-corrected chi connectivity index (χ0v) is 29.2. The molecule has 3 unspecified atom stereocenters. The fourth-order valence-corrected chi connectivity index (χ4v) is 7.96. The number of pyridine rings is 1. The Balaban J connectivity index is 1.39. The van der Waals surface area contributed by atoms with Gasteiger partial charge in [-0.3, -0.25) is 15.0 Å². The Morgan fingerprint density at radius 2 is 2.06 bits per heavy atom. The molecule has 5 N–H and O–H groups in total. The van der Waals surface area contributed by atoms with E-state index in [1.54, 1.807) is 19.2 Å². The number of alkyl halides is 3. The first-order valence-electron chi connectivity index (χ1n) is 17.8. The first-order valence-corrected chi connectivity index (χ1v) is 17.8. The highest BCUT2D eigenvalue weighted by Gasteiger charge is 2.61. The van der Waals surface area contributed by atoms with Crippen LogP contribution in [0.2, 0.25) is 0 Å². The summed E-state index contributed by atoms with van der Waals surface area (Å²) in [6.07, 6.45) is 0.954. The van der Waals surface area contributed by atoms with Gasteiger partial charge in [0, 0.05) is 29.8 Å². The molecule has 12 nitrogen and oxygen atoms in total. The van der Waals surface area contributed by atoms with Crippen molar-refractivity contribution in [1.29, 1.82) is 0 Å². The van der Waals surface area contributed by atoms with Gasteiger partial charge in [-0.1, -0.05) is 31.9 Å². The highest BCUT2D eigenvalue weighted by atomic mass is 19.4. The number of benzene rings is 1. The van der Waals surface area contributed by atoms with Gasteiger partial charge in [-0.15, -0.1) is 0 Å². The number of aliphatic hydroxyl groups excluding tert-OH is 2. The average molecular weight is 720 g/mol. The molecule has 4 aliphatic rings. The standard InChI is InChI=1S/C36H48F3N5O7/c1-4-16-50-33(48)42-26-11-9-7-5-6-8-10-21-18-35(21,32(47)40-2)43-30(45)27-19-34(20-44(27)31(26)46)15-14-23-24-17-22(49-3)12-13-25(24)41-29(28(23)51-34)36(37,38)39/h8,10,12-13,17,21,26-27,31-32,40,46-47H,4-7,9,11,14-16,18-20H2,1-3H3,(H,42,48)(H,43,45)/b10-8-/t21-,26+,27?,31?,32-,34-,35?/m1/s1. The predicted molar refractivity (Wildman–Crippen MR) is 181 cm³/mol. The van der Waals surface area contributed by atoms with Crippen LogP contribution in [0, 0.1) is 5.92 Å². The molecule has 15 heteroatoms. The molecular weight excluding hydrogens is 671 g/mol. The van der Waals surface area contributed by atoms with E-state index in [1.165, 1.54) is 18.1 Å². The quantitative estimate of drug-likeness (QED) is 0.217. The SMILES string of the molecule is CCCOC(=O)N[C@H]1CCCCC/C=C\[C@@H]2CC2([C@@H](O)NC)NC(=O)C2C[C@]3(CCc4c(c(C(F)(F)F)nc5ccc(OC)cc45)O3)CN2C1O. The molecule has 2 fully saturated rings. The molecule has 0 bridgehead atoms. The maximum atomic E-state index is 14.6. The van der Waals surface area contributed by atoms with Gasteiger partial charge in [-0.25, -0.2) is 9.78 Å². The molecule has 1 saturated carbocycles. The van der Waals surface area contributed by atoms with Gasteiger partial charge in [0.2, 0.25) is 5.91 Å². The summed E-state index contributed by atoms with van der Waals surface area (Å²) in [4.78, 5) is 32.6. The number of aliphatic hydroxyl groups is 2. The first kappa shape index (κ1) is 37.1. The van der Waals surface area contributed by atoms with Crippen molar-refractivity contribution in [2.24, 2.45) is 5.92 Å². The summed E-state index contributed by atoms with van der Waals surface area (Å²) < 4.78 is 60.8. The van der Waals surface area contributed by atoms with Crippen molar-refractivity contribution in [2.75, 3.05) is 27.3 Å². The van der Waals surface area contributed by atoms with Crippen LogP contribution in [0.25, 0.3) is 10.9 Å². The van der Waals surface area contributed by atoms with Crippen molar-refractivity contribution >= 4 is 22.9 Å². The third-order valence-electron chi connectivity index (χ3n) is 10.8. The summed E-state index contributed by atoms with van der Waals surface area (Å²) in [6.45, 7) is 1.93. The van der Waals surface area contributed by atoms with Crippen molar-refractivity contribution in [3.05, 3.63) is 41.6 Å². The van der Waals surface area contributed by atoms with Gasteiger partial charge in [0.1, 0.15) is 23.8 Å². The van der Waals surface area contributed by atoms with Crippen LogP contribution in [0.1, 0.15) is 76.0 Å². The zero-order chi connectivity index (χ0) is 36.6. The third kappa shape index (κ3) is 7.48. The van der Waals surface area contributed by atoms with Crippen LogP contribution < -0.4 is 25.4 Å². The number of ether oxygens (including phenoxy) is 3. The number of hydrogen-bond donors (Lipinski definition) is 5. The van der Waals surface area contributed by atoms with Gasteiger partial charge >= 0.3 is 12.3 Å². The van der Waals surface area contributed by atoms with Crippen LogP contribution in [-0.4, -0.2) is 95.1 Å². The first-order chi connectivity index (χ1) is 24.3. The van der Waals surface area contributed by atoms with Crippen LogP contribution in [0.5, 0.6) is 11.5 Å². The maximum absolute atomic E-state index is 14.6. The smallest absolute Gasteiger partial charge is 0.437 e. The minimum absolute atomic E-state index is 0.0536. The second-order valence-electron chi connectivity index (χ2n) is 14.2. The molecule has 51 heavy (non-hydrogen) atoms. The van der Waals surface area contributed by atoms with E-state index in [9.17, 15) is 33.0 Å². The molecule has 4 heterocycles. The lowest BCUT2D eigenvalue weighted by atomic mass is 9.87. The van der Waals surface area contributed by atoms with E-state index >= 15 is 0 Å². The highest BCUT2D eigenvalue weighted by molar-refractivity contribution is 5.87. The lowest BCUT2D eigenvalue weighted by Crippen LogP contribution is -2.60. The van der Waals surface area contributed by atoms with Crippen molar-refractivity contribution in [3.63, 3.8) is 0 Å². The number of carbonyl (C=O) groups excluding carboxylic acids is 2. The molecule has 280 valence electrons. The van der Waals surface area contributed by atoms with Gasteiger partial charge in [-0.2, -0.15) is 13.2 Å². The van der Waals surface area contributed by atoms with E-state index in [0.29, 0.717) is 42.4 Å². The number of rotatable bonds is 6. The molecule has 1 aromatic heterocycles. The Bertz CT molecular complexity index is 1640. The lowest BCUT2D eigenvalue weighted by Gasteiger charge is -2.38. The molecule has 1 aliphatic carbocycles. The Labute approximate surface area is 295 Å². The Morgan fingerprint density at radius 3 is 2.78 bits per heavy atom. The molecule has 3 aliphatic heterocycles. The average Bonchev–Trinajstić information content (AvgIpc) is 3.68. The van der Waals surface area contributed by atoms with E-state index in [-0.39, 0.29) is 43.8 Å². The van der Waals surface area contributed by atoms with Crippen LogP contribution >= 0.6 is 0 Å². The number of nitrogens with zero attached hydrogens (tertiary/aromatic N) is 2. The second-order valence-corrected chi connectivity index (χ2v) is 14.2. The van der Waals surface area contributed by atoms with E-state index in [1.807, 2.05) is 19.1 Å². The number of carbonyl (C=O) groups is 2. The zero-order valence-electron chi connectivity index (χ0n) is 29.2. The van der Waals surface area contributed by atoms with E-state index in [2.05, 4.69) is 20.9 Å². The summed E-state index contributed by atoms with van der Waals surface area (Å²) >= 11 is 0. The van der Waals surface area contributed by atoms with Gasteiger partial charge in [0.05, 0.1) is 36.9 Å². The van der Waals surface area contributed by atoms with Crippen molar-refractivity contribution in [2.45, 2.75) is 113 Å². The number of methoxy groups -OCH3 is 1. The summed E-state index contributed by atoms with van der Waals surface area (Å²) in [5.41, 5.74) is -3.00. The van der Waals surface area contributed by atoms with Gasteiger partial charge in [0.25, 0.3) is 0 Å². The molecule has 6 rings (SSSR count). The summed E-state index contributed by atoms with van der Waals surface area (Å²) in [6, 6.07) is 2.74. The molecule has 1 aromatic carbocycles. The molecule has 1 spiro atoms. The second kappa shape index (κ2) is 14.8. The number of amides is 2. The van der Waals surface area contributed by atoms with Gasteiger partial charge in [0.15, 0.2) is 11.4 Å². The number of nitrogens with one attached hydrogen (secondary N) is 3. The largest absolute Gasteiger partial charge is 0.497 e. The minimum Gasteiger partial charge on any atom is -0.497 e. The Hall–Kier alpha value is -3.66. The van der Waals surface area contributed by atoms with Crippen LogP contribution in [-0.2, 0) is 22.1 Å². The number of aryl methyl sites for hydroxylation is 1. The fourth-order valence-electron chi connectivity index (χ4n) is 7.96. The van der Waals surface area contributed by atoms with E-state index in [4.69, 9.17) is 14.2 Å².